The third kappa shape index (κ3) is 4.66. The van der Waals surface area contributed by atoms with Crippen molar-refractivity contribution in [3.8, 4) is 17.0 Å². The zero-order valence-electron chi connectivity index (χ0n) is 17.3. The molecule has 0 amide bonds. The molecule has 1 aliphatic carbocycles. The molecular formula is C22H24F2N2O4S. The molecule has 31 heavy (non-hydrogen) atoms. The van der Waals surface area contributed by atoms with Gasteiger partial charge in [-0.2, -0.15) is 0 Å². The number of aromatic amines is 1. The monoisotopic (exact) mass is 450 g/mol. The first-order valence-corrected chi connectivity index (χ1v) is 12.1. The second-order valence-corrected chi connectivity index (χ2v) is 10.4. The maximum Gasteiger partial charge on any atom is 0.272 e. The van der Waals surface area contributed by atoms with E-state index in [4.69, 9.17) is 4.74 Å². The average molecular weight is 451 g/mol. The molecule has 0 saturated heterocycles. The van der Waals surface area contributed by atoms with Crippen LogP contribution < -0.4 is 10.3 Å². The molecule has 9 heteroatoms. The van der Waals surface area contributed by atoms with Crippen LogP contribution in [0.2, 0.25) is 0 Å². The number of halogens is 2. The number of rotatable bonds is 5. The van der Waals surface area contributed by atoms with E-state index in [1.165, 1.54) is 6.20 Å². The Morgan fingerprint density at radius 3 is 2.61 bits per heavy atom. The Bertz CT molecular complexity index is 1280. The highest BCUT2D eigenvalue weighted by Gasteiger charge is 2.36. The number of aryl methyl sites for hydroxylation is 1. The van der Waals surface area contributed by atoms with Crippen molar-refractivity contribution in [2.45, 2.75) is 50.4 Å². The quantitative estimate of drug-likeness (QED) is 0.635. The molecule has 0 spiro atoms. The van der Waals surface area contributed by atoms with E-state index in [1.54, 1.807) is 28.8 Å². The summed E-state index contributed by atoms with van der Waals surface area (Å²) >= 11 is 0. The standard InChI is InChI=1S/C22H24F2N2O4S/c1-14-11-18(26-10-9-25-21(27)20(14)26)17-12-15(13-31(2,28)29)3-4-19(17)30-16-5-7-22(23,24)8-6-16/h3-4,9-12,16H,5-8,13H2,1-2H3,(H,25,27). The number of nitrogens with zero attached hydrogens (tertiary/aromatic N) is 1. The highest BCUT2D eigenvalue weighted by Crippen LogP contribution is 2.38. The Kier molecular flexibility index (Phi) is 5.41. The lowest BCUT2D eigenvalue weighted by Gasteiger charge is -2.29. The Balaban J connectivity index is 1.80. The Morgan fingerprint density at radius 1 is 1.23 bits per heavy atom. The van der Waals surface area contributed by atoms with Crippen molar-refractivity contribution in [2.24, 2.45) is 0 Å². The molecule has 0 atom stereocenters. The molecule has 0 aliphatic heterocycles. The fraction of sp³-hybridized carbons (Fsp3) is 0.409. The molecule has 6 nitrogen and oxygen atoms in total. The molecule has 1 N–H and O–H groups in total. The zero-order chi connectivity index (χ0) is 22.4. The summed E-state index contributed by atoms with van der Waals surface area (Å²) in [4.78, 5) is 15.0. The third-order valence-corrected chi connectivity index (χ3v) is 6.44. The van der Waals surface area contributed by atoms with Crippen LogP contribution in [-0.2, 0) is 15.6 Å². The van der Waals surface area contributed by atoms with Gasteiger partial charge in [-0.1, -0.05) is 6.07 Å². The number of H-pyrrole nitrogens is 1. The lowest BCUT2D eigenvalue weighted by atomic mass is 9.94. The van der Waals surface area contributed by atoms with Crippen LogP contribution in [0, 0.1) is 6.92 Å². The topological polar surface area (TPSA) is 80.6 Å². The van der Waals surface area contributed by atoms with Gasteiger partial charge in [0.15, 0.2) is 9.84 Å². The molecule has 1 aliphatic rings. The molecular weight excluding hydrogens is 426 g/mol. The van der Waals surface area contributed by atoms with Gasteiger partial charge in [0.1, 0.15) is 11.3 Å². The Morgan fingerprint density at radius 2 is 1.94 bits per heavy atom. The summed E-state index contributed by atoms with van der Waals surface area (Å²) in [6, 6.07) is 6.93. The molecule has 1 aromatic carbocycles. The summed E-state index contributed by atoms with van der Waals surface area (Å²) in [6.07, 6.45) is 4.10. The van der Waals surface area contributed by atoms with Crippen LogP contribution in [0.25, 0.3) is 16.8 Å². The van der Waals surface area contributed by atoms with Gasteiger partial charge < -0.3 is 14.1 Å². The van der Waals surface area contributed by atoms with Crippen LogP contribution in [0.1, 0.15) is 36.8 Å². The maximum absolute atomic E-state index is 13.5. The summed E-state index contributed by atoms with van der Waals surface area (Å²) < 4.78 is 58.6. The van der Waals surface area contributed by atoms with E-state index in [-0.39, 0.29) is 43.1 Å². The van der Waals surface area contributed by atoms with Crippen LogP contribution in [0.4, 0.5) is 8.78 Å². The molecule has 4 rings (SSSR count). The third-order valence-electron chi connectivity index (χ3n) is 5.59. The molecule has 0 unspecified atom stereocenters. The fourth-order valence-electron chi connectivity index (χ4n) is 4.14. The van der Waals surface area contributed by atoms with Crippen molar-refractivity contribution >= 4 is 15.4 Å². The molecule has 1 saturated carbocycles. The zero-order valence-corrected chi connectivity index (χ0v) is 18.1. The summed E-state index contributed by atoms with van der Waals surface area (Å²) in [6.45, 7) is 1.82. The fourth-order valence-corrected chi connectivity index (χ4v) is 4.93. The van der Waals surface area contributed by atoms with Gasteiger partial charge in [0.05, 0.1) is 17.6 Å². The number of aromatic nitrogens is 2. The average Bonchev–Trinajstić information content (AvgIpc) is 3.01. The van der Waals surface area contributed by atoms with Crippen molar-refractivity contribution < 1.29 is 21.9 Å². The van der Waals surface area contributed by atoms with E-state index in [2.05, 4.69) is 4.98 Å². The second kappa shape index (κ2) is 7.78. The van der Waals surface area contributed by atoms with Crippen LogP contribution in [0.3, 0.4) is 0 Å². The SMILES string of the molecule is Cc1cc(-c2cc(CS(C)(=O)=O)ccc2OC2CCC(F)(F)CC2)n2cc[nH]c(=O)c12. The van der Waals surface area contributed by atoms with Crippen LogP contribution in [0.5, 0.6) is 5.75 Å². The summed E-state index contributed by atoms with van der Waals surface area (Å²) in [5.41, 5.74) is 2.87. The predicted molar refractivity (Wildman–Crippen MR) is 115 cm³/mol. The van der Waals surface area contributed by atoms with Crippen molar-refractivity contribution in [2.75, 3.05) is 6.26 Å². The van der Waals surface area contributed by atoms with E-state index in [1.807, 2.05) is 13.0 Å². The van der Waals surface area contributed by atoms with Gasteiger partial charge in [0.2, 0.25) is 5.92 Å². The molecule has 3 aromatic rings. The van der Waals surface area contributed by atoms with Crippen molar-refractivity contribution in [1.29, 1.82) is 0 Å². The van der Waals surface area contributed by atoms with Gasteiger partial charge in [-0.15, -0.1) is 0 Å². The Labute approximate surface area is 178 Å². The molecule has 0 radical (unpaired) electrons. The van der Waals surface area contributed by atoms with Gasteiger partial charge in [-0.3, -0.25) is 4.79 Å². The summed E-state index contributed by atoms with van der Waals surface area (Å²) in [7, 11) is -3.26. The van der Waals surface area contributed by atoms with E-state index >= 15 is 0 Å². The number of ether oxygens (including phenoxy) is 1. The van der Waals surface area contributed by atoms with Crippen molar-refractivity contribution in [1.82, 2.24) is 9.38 Å². The number of sulfone groups is 1. The number of alkyl halides is 2. The number of fused-ring (bicyclic) bond motifs is 1. The van der Waals surface area contributed by atoms with Crippen LogP contribution in [0.15, 0.2) is 41.5 Å². The lowest BCUT2D eigenvalue weighted by molar-refractivity contribution is -0.0581. The maximum atomic E-state index is 13.5. The second-order valence-electron chi connectivity index (χ2n) is 8.29. The number of hydrogen-bond donors (Lipinski definition) is 1. The van der Waals surface area contributed by atoms with Gasteiger partial charge in [-0.05, 0) is 49.1 Å². The predicted octanol–water partition coefficient (Wildman–Crippen LogP) is 4.10. The van der Waals surface area contributed by atoms with Gasteiger partial charge in [-0.25, -0.2) is 17.2 Å². The number of benzene rings is 1. The van der Waals surface area contributed by atoms with Crippen LogP contribution in [-0.4, -0.2) is 36.1 Å². The smallest absolute Gasteiger partial charge is 0.272 e. The van der Waals surface area contributed by atoms with E-state index in [9.17, 15) is 22.0 Å². The van der Waals surface area contributed by atoms with Crippen molar-refractivity contribution in [3.63, 3.8) is 0 Å². The Hall–Kier alpha value is -2.68. The van der Waals surface area contributed by atoms with E-state index in [0.717, 1.165) is 11.8 Å². The summed E-state index contributed by atoms with van der Waals surface area (Å²) in [5, 5.41) is 0. The summed E-state index contributed by atoms with van der Waals surface area (Å²) in [5.74, 6) is -2.32. The molecule has 166 valence electrons. The van der Waals surface area contributed by atoms with Crippen molar-refractivity contribution in [3.05, 3.63) is 58.1 Å². The largest absolute Gasteiger partial charge is 0.490 e. The van der Waals surface area contributed by atoms with Gasteiger partial charge in [0.25, 0.3) is 5.56 Å². The van der Waals surface area contributed by atoms with Gasteiger partial charge >= 0.3 is 0 Å². The lowest BCUT2D eigenvalue weighted by Crippen LogP contribution is -2.30. The highest BCUT2D eigenvalue weighted by atomic mass is 32.2. The first kappa shape index (κ1) is 21.5. The van der Waals surface area contributed by atoms with Gasteiger partial charge in [0, 0.05) is 37.1 Å². The minimum Gasteiger partial charge on any atom is -0.490 e. The van der Waals surface area contributed by atoms with Crippen LogP contribution >= 0.6 is 0 Å². The first-order valence-electron chi connectivity index (χ1n) is 10.1. The molecule has 0 bridgehead atoms. The minimum absolute atomic E-state index is 0.140. The number of hydrogen-bond acceptors (Lipinski definition) is 4. The minimum atomic E-state index is -3.26. The molecule has 2 heterocycles. The van der Waals surface area contributed by atoms with E-state index < -0.39 is 15.8 Å². The first-order chi connectivity index (χ1) is 14.5. The molecule has 1 fully saturated rings. The highest BCUT2D eigenvalue weighted by molar-refractivity contribution is 7.89. The number of nitrogens with one attached hydrogen (secondary N) is 1. The van der Waals surface area contributed by atoms with E-state index in [0.29, 0.717) is 28.1 Å². The normalized spacial score (nSPS) is 17.2. The molecule has 2 aromatic heterocycles.